The molecule has 0 amide bonds. The molecule has 0 unspecified atom stereocenters. The van der Waals surface area contributed by atoms with Gasteiger partial charge < -0.3 is 0 Å². The number of aromatic nitrogens is 3. The fourth-order valence-electron chi connectivity index (χ4n) is 4.04. The van der Waals surface area contributed by atoms with Crippen molar-refractivity contribution in [2.75, 3.05) is 0 Å². The Bertz CT molecular complexity index is 719. The molecule has 2 aromatic rings. The quantitative estimate of drug-likeness (QED) is 0.757. The predicted octanol–water partition coefficient (Wildman–Crippen LogP) is 5.30. The maximum Gasteiger partial charge on any atom is 0.195 e. The predicted molar refractivity (Wildman–Crippen MR) is 94.0 cm³/mol. The average Bonchev–Trinajstić information content (AvgIpc) is 3.11. The number of hydrogen-bond acceptors (Lipinski definition) is 3. The van der Waals surface area contributed by atoms with Crippen LogP contribution in [0.25, 0.3) is 11.4 Å². The first-order valence-corrected chi connectivity index (χ1v) is 9.79. The van der Waals surface area contributed by atoms with Gasteiger partial charge in [0.25, 0.3) is 0 Å². The van der Waals surface area contributed by atoms with E-state index in [1.165, 1.54) is 62.5 Å². The first-order chi connectivity index (χ1) is 10.7. The topological polar surface area (TPSA) is 33.6 Å². The van der Waals surface area contributed by atoms with Crippen LogP contribution in [0.2, 0.25) is 0 Å². The standard InChI is InChI=1S/C17H23N3S2/c1-11-7-8-13-14(10-22-15(13)9-11)16-18-19-17(21)20(16)12-5-3-2-4-6-12/h10-12H,2-9H2,1H3,(H,19,21)/t11-/m0/s1. The van der Waals surface area contributed by atoms with Crippen molar-refractivity contribution in [1.29, 1.82) is 0 Å². The van der Waals surface area contributed by atoms with Gasteiger partial charge in [0.05, 0.1) is 0 Å². The van der Waals surface area contributed by atoms with Crippen LogP contribution in [0.3, 0.4) is 0 Å². The molecule has 2 aromatic heterocycles. The van der Waals surface area contributed by atoms with Gasteiger partial charge in [-0.05, 0) is 55.8 Å². The molecule has 2 heterocycles. The molecule has 2 aliphatic carbocycles. The average molecular weight is 334 g/mol. The highest BCUT2D eigenvalue weighted by Gasteiger charge is 2.26. The first-order valence-electron chi connectivity index (χ1n) is 8.50. The SMILES string of the molecule is C[C@H]1CCc2c(-c3n[nH]c(=S)n3C3CCCCC3)csc2C1. The third-order valence-electron chi connectivity index (χ3n) is 5.29. The molecular weight excluding hydrogens is 310 g/mol. The van der Waals surface area contributed by atoms with E-state index in [0.717, 1.165) is 16.5 Å². The summed E-state index contributed by atoms with van der Waals surface area (Å²) in [5.74, 6) is 1.90. The number of thiophene rings is 1. The van der Waals surface area contributed by atoms with Gasteiger partial charge in [-0.1, -0.05) is 26.2 Å². The lowest BCUT2D eigenvalue weighted by atomic mass is 9.88. The Morgan fingerprint density at radius 1 is 1.27 bits per heavy atom. The summed E-state index contributed by atoms with van der Waals surface area (Å²) in [7, 11) is 0. The zero-order valence-corrected chi connectivity index (χ0v) is 14.7. The molecule has 0 saturated heterocycles. The summed E-state index contributed by atoms with van der Waals surface area (Å²) < 4.78 is 3.11. The van der Waals surface area contributed by atoms with Crippen LogP contribution in [0.5, 0.6) is 0 Å². The molecule has 1 saturated carbocycles. The van der Waals surface area contributed by atoms with E-state index in [9.17, 15) is 0 Å². The monoisotopic (exact) mass is 333 g/mol. The molecule has 118 valence electrons. The zero-order valence-electron chi connectivity index (χ0n) is 13.1. The van der Waals surface area contributed by atoms with Gasteiger partial charge in [0.15, 0.2) is 10.6 Å². The summed E-state index contributed by atoms with van der Waals surface area (Å²) in [6.07, 6.45) is 10.2. The van der Waals surface area contributed by atoms with E-state index in [1.807, 2.05) is 11.3 Å². The Morgan fingerprint density at radius 3 is 2.91 bits per heavy atom. The summed E-state index contributed by atoms with van der Waals surface area (Å²) >= 11 is 7.46. The van der Waals surface area contributed by atoms with E-state index in [1.54, 1.807) is 4.88 Å². The summed E-state index contributed by atoms with van der Waals surface area (Å²) in [6, 6.07) is 0.535. The van der Waals surface area contributed by atoms with Crippen LogP contribution in [0.1, 0.15) is 61.9 Å². The van der Waals surface area contributed by atoms with E-state index >= 15 is 0 Å². The fraction of sp³-hybridized carbons (Fsp3) is 0.647. The van der Waals surface area contributed by atoms with Crippen molar-refractivity contribution in [1.82, 2.24) is 14.8 Å². The second-order valence-corrected chi connectivity index (χ2v) is 8.26. The molecule has 1 atom stereocenters. The maximum atomic E-state index is 5.55. The second kappa shape index (κ2) is 5.93. The molecule has 1 N–H and O–H groups in total. The third kappa shape index (κ3) is 2.48. The molecule has 0 bridgehead atoms. The lowest BCUT2D eigenvalue weighted by molar-refractivity contribution is 0.352. The van der Waals surface area contributed by atoms with Gasteiger partial charge in [-0.2, -0.15) is 5.10 Å². The van der Waals surface area contributed by atoms with Crippen molar-refractivity contribution in [2.24, 2.45) is 5.92 Å². The Kier molecular flexibility index (Phi) is 3.95. The van der Waals surface area contributed by atoms with Crippen LogP contribution in [-0.4, -0.2) is 14.8 Å². The van der Waals surface area contributed by atoms with Crippen molar-refractivity contribution in [3.8, 4) is 11.4 Å². The number of rotatable bonds is 2. The van der Waals surface area contributed by atoms with Crippen molar-refractivity contribution >= 4 is 23.6 Å². The van der Waals surface area contributed by atoms with Crippen molar-refractivity contribution in [3.63, 3.8) is 0 Å². The Hall–Kier alpha value is -0.940. The highest BCUT2D eigenvalue weighted by molar-refractivity contribution is 7.71. The number of aromatic amines is 1. The van der Waals surface area contributed by atoms with E-state index in [0.29, 0.717) is 6.04 Å². The largest absolute Gasteiger partial charge is 0.297 e. The van der Waals surface area contributed by atoms with Gasteiger partial charge in [0.1, 0.15) is 0 Å². The summed E-state index contributed by atoms with van der Waals surface area (Å²) in [4.78, 5) is 1.57. The van der Waals surface area contributed by atoms with E-state index < -0.39 is 0 Å². The maximum absolute atomic E-state index is 5.55. The van der Waals surface area contributed by atoms with Crippen molar-refractivity contribution in [3.05, 3.63) is 20.6 Å². The van der Waals surface area contributed by atoms with Gasteiger partial charge in [-0.15, -0.1) is 11.3 Å². The van der Waals surface area contributed by atoms with Crippen LogP contribution in [0, 0.1) is 10.7 Å². The smallest absolute Gasteiger partial charge is 0.195 e. The fourth-order valence-corrected chi connectivity index (χ4v) is 5.56. The lowest BCUT2D eigenvalue weighted by Gasteiger charge is -2.24. The van der Waals surface area contributed by atoms with E-state index in [2.05, 4.69) is 27.1 Å². The Morgan fingerprint density at radius 2 is 2.09 bits per heavy atom. The zero-order chi connectivity index (χ0) is 15.1. The molecule has 0 aromatic carbocycles. The van der Waals surface area contributed by atoms with E-state index in [-0.39, 0.29) is 0 Å². The van der Waals surface area contributed by atoms with Crippen molar-refractivity contribution in [2.45, 2.75) is 64.3 Å². The number of nitrogens with zero attached hydrogens (tertiary/aromatic N) is 2. The molecule has 22 heavy (non-hydrogen) atoms. The van der Waals surface area contributed by atoms with Crippen LogP contribution >= 0.6 is 23.6 Å². The van der Waals surface area contributed by atoms with E-state index in [4.69, 9.17) is 12.2 Å². The summed E-state index contributed by atoms with van der Waals surface area (Å²) in [5, 5.41) is 9.98. The molecule has 5 heteroatoms. The van der Waals surface area contributed by atoms with Crippen LogP contribution in [0.15, 0.2) is 5.38 Å². The molecule has 2 aliphatic rings. The van der Waals surface area contributed by atoms with Crippen molar-refractivity contribution < 1.29 is 0 Å². The number of nitrogens with one attached hydrogen (secondary N) is 1. The van der Waals surface area contributed by atoms with Crippen LogP contribution in [0.4, 0.5) is 0 Å². The van der Waals surface area contributed by atoms with Gasteiger partial charge in [0, 0.05) is 21.9 Å². The number of H-pyrrole nitrogens is 1. The Balaban J connectivity index is 1.76. The number of fused-ring (bicyclic) bond motifs is 1. The van der Waals surface area contributed by atoms with Gasteiger partial charge >= 0.3 is 0 Å². The normalized spacial score (nSPS) is 22.7. The lowest BCUT2D eigenvalue weighted by Crippen LogP contribution is -2.15. The molecule has 3 nitrogen and oxygen atoms in total. The van der Waals surface area contributed by atoms with Gasteiger partial charge in [0.2, 0.25) is 0 Å². The Labute approximate surface area is 140 Å². The number of hydrogen-bond donors (Lipinski definition) is 1. The highest BCUT2D eigenvalue weighted by Crippen LogP contribution is 2.39. The second-order valence-electron chi connectivity index (χ2n) is 6.91. The highest BCUT2D eigenvalue weighted by atomic mass is 32.1. The third-order valence-corrected chi connectivity index (χ3v) is 6.63. The minimum Gasteiger partial charge on any atom is -0.297 e. The van der Waals surface area contributed by atoms with Gasteiger partial charge in [-0.25, -0.2) is 0 Å². The molecule has 0 spiro atoms. The van der Waals surface area contributed by atoms with Crippen LogP contribution < -0.4 is 0 Å². The molecule has 0 aliphatic heterocycles. The molecule has 1 fully saturated rings. The summed E-state index contributed by atoms with van der Waals surface area (Å²) in [6.45, 7) is 2.36. The summed E-state index contributed by atoms with van der Waals surface area (Å²) in [5.41, 5.74) is 2.87. The van der Waals surface area contributed by atoms with Crippen LogP contribution in [-0.2, 0) is 12.8 Å². The molecular formula is C17H23N3S2. The first kappa shape index (κ1) is 14.6. The van der Waals surface area contributed by atoms with Gasteiger partial charge in [-0.3, -0.25) is 9.67 Å². The molecule has 0 radical (unpaired) electrons. The molecule has 4 rings (SSSR count). The minimum atomic E-state index is 0.535. The minimum absolute atomic E-state index is 0.535.